The molecule has 1 aliphatic rings. The zero-order valence-electron chi connectivity index (χ0n) is 12.7. The minimum Gasteiger partial charge on any atom is -0.382 e. The van der Waals surface area contributed by atoms with Crippen LogP contribution in [0.1, 0.15) is 26.0 Å². The number of ether oxygens (including phenoxy) is 1. The summed E-state index contributed by atoms with van der Waals surface area (Å²) in [6.45, 7) is -1.41. The van der Waals surface area contributed by atoms with Gasteiger partial charge in [-0.3, -0.25) is 4.57 Å². The van der Waals surface area contributed by atoms with E-state index in [0.717, 1.165) is 12.8 Å². The second-order valence-corrected chi connectivity index (χ2v) is 8.15. The van der Waals surface area contributed by atoms with Crippen LogP contribution in [0.25, 0.3) is 11.2 Å². The maximum Gasteiger partial charge on any atom is 0.324 e. The lowest BCUT2D eigenvalue weighted by Crippen LogP contribution is -2.25. The molecule has 126 valence electrons. The van der Waals surface area contributed by atoms with Crippen molar-refractivity contribution >= 4 is 35.5 Å². The fourth-order valence-corrected chi connectivity index (χ4v) is 3.65. The van der Waals surface area contributed by atoms with Gasteiger partial charge in [-0.1, -0.05) is 0 Å². The molecule has 23 heavy (non-hydrogen) atoms. The van der Waals surface area contributed by atoms with Gasteiger partial charge in [-0.25, -0.2) is 15.0 Å². The van der Waals surface area contributed by atoms with Gasteiger partial charge in [-0.05, 0) is 31.6 Å². The Morgan fingerprint density at radius 2 is 2.26 bits per heavy atom. The van der Waals surface area contributed by atoms with E-state index in [4.69, 9.17) is 31.3 Å². The van der Waals surface area contributed by atoms with Gasteiger partial charge in [0, 0.05) is 7.11 Å². The number of hydrogen-bond acceptors (Lipinski definition) is 8. The van der Waals surface area contributed by atoms with E-state index < -0.39 is 6.72 Å². The molecule has 2 aromatic heterocycles. The van der Waals surface area contributed by atoms with Crippen LogP contribution >= 0.6 is 6.72 Å². The van der Waals surface area contributed by atoms with E-state index >= 15 is 0 Å². The molecular weight excluding hydrogens is 341 g/mol. The molecule has 0 aliphatic carbocycles. The summed E-state index contributed by atoms with van der Waals surface area (Å²) in [5.41, 5.74) is 6.97. The summed E-state index contributed by atoms with van der Waals surface area (Å²) in [6.07, 6.45) is 3.73. The van der Waals surface area contributed by atoms with Crippen LogP contribution in [-0.4, -0.2) is 43.7 Å². The average Bonchev–Trinajstić information content (AvgIpc) is 3.13. The predicted molar refractivity (Wildman–Crippen MR) is 86.9 cm³/mol. The van der Waals surface area contributed by atoms with Crippen molar-refractivity contribution in [3.05, 3.63) is 12.7 Å². The fraction of sp³-hybridized carbons (Fsp3) is 0.583. The second kappa shape index (κ2) is 6.39. The molecule has 4 atom stereocenters. The van der Waals surface area contributed by atoms with Crippen LogP contribution in [0.5, 0.6) is 0 Å². The predicted octanol–water partition coefficient (Wildman–Crippen LogP) is 1.35. The number of nitrogens with zero attached hydrogens (tertiary/aromatic N) is 4. The first-order chi connectivity index (χ1) is 10.9. The van der Waals surface area contributed by atoms with E-state index in [1.807, 2.05) is 4.57 Å². The van der Waals surface area contributed by atoms with Gasteiger partial charge in [0.2, 0.25) is 0 Å². The van der Waals surface area contributed by atoms with Crippen LogP contribution in [0.4, 0.5) is 5.82 Å². The Morgan fingerprint density at radius 3 is 3.00 bits per heavy atom. The van der Waals surface area contributed by atoms with Gasteiger partial charge < -0.3 is 24.4 Å². The number of imidazole rings is 1. The van der Waals surface area contributed by atoms with Crippen molar-refractivity contribution in [2.24, 2.45) is 0 Å². The molecule has 4 unspecified atom stereocenters. The molecule has 1 fully saturated rings. The highest BCUT2D eigenvalue weighted by molar-refractivity contribution is 8.07. The van der Waals surface area contributed by atoms with E-state index in [1.54, 1.807) is 13.3 Å². The molecule has 0 saturated carbocycles. The maximum absolute atomic E-state index is 9.76. The first kappa shape index (κ1) is 16.7. The largest absolute Gasteiger partial charge is 0.382 e. The van der Waals surface area contributed by atoms with E-state index in [2.05, 4.69) is 15.0 Å². The second-order valence-electron chi connectivity index (χ2n) is 5.25. The topological polar surface area (TPSA) is 118 Å². The lowest BCUT2D eigenvalue weighted by atomic mass is 10.1. The summed E-state index contributed by atoms with van der Waals surface area (Å²) in [5, 5.41) is 0. The summed E-state index contributed by atoms with van der Waals surface area (Å²) in [4.78, 5) is 22.1. The zero-order chi connectivity index (χ0) is 16.6. The third-order valence-corrected chi connectivity index (χ3v) is 5.55. The number of fused-ring (bicyclic) bond motifs is 1. The molecule has 0 bridgehead atoms. The van der Waals surface area contributed by atoms with Crippen LogP contribution in [0.3, 0.4) is 0 Å². The van der Waals surface area contributed by atoms with Crippen LogP contribution < -0.4 is 5.73 Å². The molecule has 3 heterocycles. The Hall–Kier alpha value is -1.16. The first-order valence-corrected chi connectivity index (χ1v) is 9.66. The standard InChI is InChI=1S/C12H18N5O4PS/c1-7(21-22(18,23)19-2)8-3-4-9(20-8)17-6-16-10-11(13)14-5-15-12(10)17/h5-9H,3-4H2,1-2H3,(H,18,23)(H2,13,14,15). The Morgan fingerprint density at radius 1 is 1.48 bits per heavy atom. The summed E-state index contributed by atoms with van der Waals surface area (Å²) in [5.74, 6) is 0.334. The van der Waals surface area contributed by atoms with E-state index in [-0.39, 0.29) is 18.4 Å². The van der Waals surface area contributed by atoms with Crippen LogP contribution in [0, 0.1) is 0 Å². The molecule has 0 amide bonds. The van der Waals surface area contributed by atoms with Gasteiger partial charge >= 0.3 is 6.72 Å². The summed E-state index contributed by atoms with van der Waals surface area (Å²) in [6, 6.07) is 0. The quantitative estimate of drug-likeness (QED) is 0.763. The number of aromatic nitrogens is 4. The van der Waals surface area contributed by atoms with Gasteiger partial charge in [-0.2, -0.15) is 0 Å². The molecule has 0 spiro atoms. The van der Waals surface area contributed by atoms with E-state index in [9.17, 15) is 4.89 Å². The maximum atomic E-state index is 9.76. The lowest BCUT2D eigenvalue weighted by Gasteiger charge is -2.24. The van der Waals surface area contributed by atoms with E-state index in [1.165, 1.54) is 13.4 Å². The third-order valence-electron chi connectivity index (χ3n) is 3.78. The van der Waals surface area contributed by atoms with Crippen molar-refractivity contribution in [3.8, 4) is 0 Å². The van der Waals surface area contributed by atoms with Gasteiger partial charge in [0.25, 0.3) is 0 Å². The van der Waals surface area contributed by atoms with Crippen LogP contribution in [-0.2, 0) is 25.6 Å². The van der Waals surface area contributed by atoms with Gasteiger partial charge in [0.1, 0.15) is 18.1 Å². The SMILES string of the molecule is COP(O)(=S)OC(C)C1CCC(n2cnc3c(N)ncnc32)O1. The molecule has 11 heteroatoms. The normalized spacial score (nSPS) is 25.5. The zero-order valence-corrected chi connectivity index (χ0v) is 14.4. The number of nitrogen functional groups attached to an aromatic ring is 1. The minimum absolute atomic E-state index is 0.207. The summed E-state index contributed by atoms with van der Waals surface area (Å²) in [7, 11) is 1.33. The molecule has 0 aromatic carbocycles. The molecule has 1 saturated heterocycles. The average molecular weight is 359 g/mol. The Bertz CT molecular complexity index is 756. The van der Waals surface area contributed by atoms with E-state index in [0.29, 0.717) is 17.0 Å². The third kappa shape index (κ3) is 3.37. The fourth-order valence-electron chi connectivity index (χ4n) is 2.60. The molecule has 0 radical (unpaired) electrons. The highest BCUT2D eigenvalue weighted by Crippen LogP contribution is 2.46. The van der Waals surface area contributed by atoms with Crippen molar-refractivity contribution in [1.82, 2.24) is 19.5 Å². The Balaban J connectivity index is 1.74. The molecule has 3 rings (SSSR count). The highest BCUT2D eigenvalue weighted by atomic mass is 32.5. The molecule has 9 nitrogen and oxygen atoms in total. The smallest absolute Gasteiger partial charge is 0.324 e. The Labute approximate surface area is 138 Å². The van der Waals surface area contributed by atoms with Crippen molar-refractivity contribution in [1.29, 1.82) is 0 Å². The van der Waals surface area contributed by atoms with Crippen molar-refractivity contribution in [3.63, 3.8) is 0 Å². The lowest BCUT2D eigenvalue weighted by molar-refractivity contribution is -0.0471. The van der Waals surface area contributed by atoms with Crippen LogP contribution in [0.15, 0.2) is 12.7 Å². The molecular formula is C12H18N5O4PS. The number of rotatable bonds is 5. The number of hydrogen-bond donors (Lipinski definition) is 2. The first-order valence-electron chi connectivity index (χ1n) is 7.06. The van der Waals surface area contributed by atoms with Crippen molar-refractivity contribution < 1.29 is 18.7 Å². The Kier molecular flexibility index (Phi) is 4.63. The molecule has 2 aromatic rings. The van der Waals surface area contributed by atoms with Gasteiger partial charge in [-0.15, -0.1) is 0 Å². The van der Waals surface area contributed by atoms with Crippen molar-refractivity contribution in [2.45, 2.75) is 38.2 Å². The minimum atomic E-state index is -3.21. The highest BCUT2D eigenvalue weighted by Gasteiger charge is 2.34. The van der Waals surface area contributed by atoms with Gasteiger partial charge in [0.15, 0.2) is 11.5 Å². The van der Waals surface area contributed by atoms with Crippen molar-refractivity contribution in [2.75, 3.05) is 12.8 Å². The summed E-state index contributed by atoms with van der Waals surface area (Å²) >= 11 is 4.86. The monoisotopic (exact) mass is 359 g/mol. The van der Waals surface area contributed by atoms with Gasteiger partial charge in [0.05, 0.1) is 18.5 Å². The molecule has 3 N–H and O–H groups in total. The van der Waals surface area contributed by atoms with Crippen LogP contribution in [0.2, 0.25) is 0 Å². The molecule has 1 aliphatic heterocycles. The number of nitrogens with two attached hydrogens (primary N) is 1. The summed E-state index contributed by atoms with van der Waals surface area (Å²) < 4.78 is 18.0. The number of anilines is 1.